The predicted molar refractivity (Wildman–Crippen MR) is 51.0 cm³/mol. The Bertz CT molecular complexity index is 525. The summed E-state index contributed by atoms with van der Waals surface area (Å²) in [5, 5.41) is -0.00755. The van der Waals surface area contributed by atoms with E-state index in [-0.39, 0.29) is 23.2 Å². The van der Waals surface area contributed by atoms with Crippen LogP contribution in [-0.4, -0.2) is 6.29 Å². The van der Waals surface area contributed by atoms with Crippen molar-refractivity contribution in [3.8, 4) is 0 Å². The van der Waals surface area contributed by atoms with Crippen LogP contribution < -0.4 is 0 Å². The number of furan rings is 1. The zero-order valence-corrected chi connectivity index (χ0v) is 8.04. The Hall–Kier alpha value is -1.78. The number of hydrogen-bond donors (Lipinski definition) is 0. The summed E-state index contributed by atoms with van der Waals surface area (Å²) in [6.45, 7) is 0. The second-order valence-electron chi connectivity index (χ2n) is 3.30. The molecule has 0 radical (unpaired) electrons. The molecule has 0 saturated carbocycles. The highest BCUT2D eigenvalue weighted by atomic mass is 19.4. The number of benzene rings is 1. The highest BCUT2D eigenvalue weighted by Gasteiger charge is 2.33. The maximum atomic E-state index is 12.6. The van der Waals surface area contributed by atoms with Crippen molar-refractivity contribution in [2.45, 2.75) is 12.6 Å². The van der Waals surface area contributed by atoms with Gasteiger partial charge in [-0.3, -0.25) is 0 Å². The highest BCUT2D eigenvalue weighted by molar-refractivity contribution is 5.82. The number of aldehydes is 1. The van der Waals surface area contributed by atoms with E-state index in [0.717, 1.165) is 6.07 Å². The van der Waals surface area contributed by atoms with Crippen LogP contribution in [0.1, 0.15) is 11.3 Å². The van der Waals surface area contributed by atoms with Crippen LogP contribution in [-0.2, 0) is 17.4 Å². The first kappa shape index (κ1) is 10.7. The third kappa shape index (κ3) is 1.80. The van der Waals surface area contributed by atoms with Crippen LogP contribution in [0.5, 0.6) is 0 Å². The molecule has 0 atom stereocenters. The van der Waals surface area contributed by atoms with Crippen molar-refractivity contribution in [2.24, 2.45) is 0 Å². The molecule has 0 unspecified atom stereocenters. The van der Waals surface area contributed by atoms with Gasteiger partial charge in [-0.25, -0.2) is 0 Å². The summed E-state index contributed by atoms with van der Waals surface area (Å²) < 4.78 is 42.9. The monoisotopic (exact) mass is 228 g/mol. The van der Waals surface area contributed by atoms with Crippen LogP contribution in [0.3, 0.4) is 0 Å². The molecule has 1 aromatic carbocycles. The molecule has 0 fully saturated rings. The molecule has 84 valence electrons. The van der Waals surface area contributed by atoms with Gasteiger partial charge in [0.15, 0.2) is 0 Å². The molecule has 0 bridgehead atoms. The van der Waals surface area contributed by atoms with Gasteiger partial charge in [-0.2, -0.15) is 13.2 Å². The lowest BCUT2D eigenvalue weighted by Crippen LogP contribution is -2.04. The molecule has 0 aliphatic carbocycles. The lowest BCUT2D eigenvalue weighted by atomic mass is 10.1. The van der Waals surface area contributed by atoms with E-state index >= 15 is 0 Å². The van der Waals surface area contributed by atoms with Crippen molar-refractivity contribution < 1.29 is 22.4 Å². The average molecular weight is 228 g/mol. The van der Waals surface area contributed by atoms with Gasteiger partial charge >= 0.3 is 6.18 Å². The maximum Gasteiger partial charge on any atom is 0.417 e. The Morgan fingerprint density at radius 3 is 2.69 bits per heavy atom. The summed E-state index contributed by atoms with van der Waals surface area (Å²) in [6.07, 6.45) is -3.85. The van der Waals surface area contributed by atoms with Gasteiger partial charge in [0.2, 0.25) is 0 Å². The minimum absolute atomic E-state index is 0.00755. The van der Waals surface area contributed by atoms with Crippen LogP contribution in [0.25, 0.3) is 11.0 Å². The fourth-order valence-corrected chi connectivity index (χ4v) is 1.54. The van der Waals surface area contributed by atoms with Gasteiger partial charge in [0, 0.05) is 5.39 Å². The summed E-state index contributed by atoms with van der Waals surface area (Å²) >= 11 is 0. The molecule has 0 saturated heterocycles. The first-order valence-corrected chi connectivity index (χ1v) is 4.54. The summed E-state index contributed by atoms with van der Waals surface area (Å²) in [5.41, 5.74) is -0.599. The lowest BCUT2D eigenvalue weighted by molar-refractivity contribution is -0.136. The number of carbonyl (C=O) groups is 1. The molecule has 0 aliphatic heterocycles. The summed E-state index contributed by atoms with van der Waals surface area (Å²) in [6, 6.07) is 4.97. The van der Waals surface area contributed by atoms with Gasteiger partial charge in [0.05, 0.1) is 12.0 Å². The third-order valence-corrected chi connectivity index (χ3v) is 2.20. The molecule has 2 aromatic rings. The van der Waals surface area contributed by atoms with Crippen molar-refractivity contribution in [1.29, 1.82) is 0 Å². The van der Waals surface area contributed by atoms with Gasteiger partial charge in [0.25, 0.3) is 0 Å². The molecule has 1 heterocycles. The number of hydrogen-bond acceptors (Lipinski definition) is 2. The predicted octanol–water partition coefficient (Wildman–Crippen LogP) is 3.19. The Labute approximate surface area is 88.7 Å². The van der Waals surface area contributed by atoms with E-state index in [1.807, 2.05) is 0 Å². The largest absolute Gasteiger partial charge is 0.461 e. The Balaban J connectivity index is 2.63. The fourth-order valence-electron chi connectivity index (χ4n) is 1.54. The minimum Gasteiger partial charge on any atom is -0.461 e. The van der Waals surface area contributed by atoms with Crippen LogP contribution in [0.15, 0.2) is 28.7 Å². The van der Waals surface area contributed by atoms with Gasteiger partial charge in [-0.15, -0.1) is 0 Å². The highest BCUT2D eigenvalue weighted by Crippen LogP contribution is 2.35. The van der Waals surface area contributed by atoms with E-state index in [1.165, 1.54) is 18.2 Å². The molecule has 16 heavy (non-hydrogen) atoms. The Morgan fingerprint density at radius 2 is 2.06 bits per heavy atom. The van der Waals surface area contributed by atoms with E-state index < -0.39 is 11.7 Å². The smallest absolute Gasteiger partial charge is 0.417 e. The molecule has 0 amide bonds. The topological polar surface area (TPSA) is 30.2 Å². The van der Waals surface area contributed by atoms with Crippen LogP contribution in [0.2, 0.25) is 0 Å². The van der Waals surface area contributed by atoms with Gasteiger partial charge in [-0.05, 0) is 18.2 Å². The first-order valence-electron chi connectivity index (χ1n) is 4.54. The van der Waals surface area contributed by atoms with Crippen LogP contribution >= 0.6 is 0 Å². The van der Waals surface area contributed by atoms with Gasteiger partial charge < -0.3 is 9.21 Å². The molecule has 2 rings (SSSR count). The van der Waals surface area contributed by atoms with E-state index in [0.29, 0.717) is 6.29 Å². The van der Waals surface area contributed by atoms with E-state index in [1.54, 1.807) is 0 Å². The third-order valence-electron chi connectivity index (χ3n) is 2.20. The number of carbonyl (C=O) groups excluding carboxylic acids is 1. The molecule has 2 nitrogen and oxygen atoms in total. The van der Waals surface area contributed by atoms with Crippen LogP contribution in [0, 0.1) is 0 Å². The van der Waals surface area contributed by atoms with Crippen molar-refractivity contribution in [1.82, 2.24) is 0 Å². The summed E-state index contributed by atoms with van der Waals surface area (Å²) in [4.78, 5) is 10.3. The quantitative estimate of drug-likeness (QED) is 0.739. The summed E-state index contributed by atoms with van der Waals surface area (Å²) in [5.74, 6) is 0.238. The average Bonchev–Trinajstić information content (AvgIpc) is 2.58. The molecule has 1 aromatic heterocycles. The fraction of sp³-hybridized carbons (Fsp3) is 0.182. The van der Waals surface area contributed by atoms with E-state index in [9.17, 15) is 18.0 Å². The molecular formula is C11H7F3O2. The molecule has 5 heteroatoms. The SMILES string of the molecule is O=CCc1cc2c(C(F)(F)F)cccc2o1. The van der Waals surface area contributed by atoms with Gasteiger partial charge in [0.1, 0.15) is 17.6 Å². The zero-order valence-electron chi connectivity index (χ0n) is 8.04. The second-order valence-corrected chi connectivity index (χ2v) is 3.30. The minimum atomic E-state index is -4.41. The van der Waals surface area contributed by atoms with Gasteiger partial charge in [-0.1, -0.05) is 6.07 Å². The Morgan fingerprint density at radius 1 is 1.31 bits per heavy atom. The van der Waals surface area contributed by atoms with Crippen molar-refractivity contribution in [2.75, 3.05) is 0 Å². The zero-order chi connectivity index (χ0) is 11.8. The number of alkyl halides is 3. The number of fused-ring (bicyclic) bond motifs is 1. The molecule has 0 spiro atoms. The summed E-state index contributed by atoms with van der Waals surface area (Å²) in [7, 11) is 0. The molecular weight excluding hydrogens is 221 g/mol. The normalized spacial score (nSPS) is 11.9. The number of halogens is 3. The standard InChI is InChI=1S/C11H7F3O2/c12-11(13,14)9-2-1-3-10-8(9)6-7(16-10)4-5-15/h1-3,5-6H,4H2. The lowest BCUT2D eigenvalue weighted by Gasteiger charge is -2.06. The molecule has 0 N–H and O–H groups in total. The van der Waals surface area contributed by atoms with Crippen molar-refractivity contribution in [3.05, 3.63) is 35.6 Å². The van der Waals surface area contributed by atoms with Crippen molar-refractivity contribution >= 4 is 17.3 Å². The number of rotatable bonds is 2. The Kier molecular flexibility index (Phi) is 2.46. The van der Waals surface area contributed by atoms with E-state index in [4.69, 9.17) is 4.42 Å². The van der Waals surface area contributed by atoms with Crippen molar-refractivity contribution in [3.63, 3.8) is 0 Å². The van der Waals surface area contributed by atoms with Crippen LogP contribution in [0.4, 0.5) is 13.2 Å². The van der Waals surface area contributed by atoms with E-state index in [2.05, 4.69) is 0 Å². The maximum absolute atomic E-state index is 12.6. The second kappa shape index (κ2) is 3.66. The first-order chi connectivity index (χ1) is 7.52. The molecule has 0 aliphatic rings.